The minimum absolute atomic E-state index is 0.0276. The fourth-order valence-electron chi connectivity index (χ4n) is 3.61. The number of hydrogen-bond acceptors (Lipinski definition) is 6. The van der Waals surface area contributed by atoms with Crippen LogP contribution in [0, 0.1) is 6.92 Å². The summed E-state index contributed by atoms with van der Waals surface area (Å²) in [6, 6.07) is 5.16. The van der Waals surface area contributed by atoms with E-state index in [1.807, 2.05) is 6.08 Å². The second-order valence-electron chi connectivity index (χ2n) is 7.39. The van der Waals surface area contributed by atoms with Crippen molar-refractivity contribution in [1.29, 1.82) is 0 Å². The van der Waals surface area contributed by atoms with Crippen molar-refractivity contribution in [3.8, 4) is 0 Å². The number of aromatic amines is 1. The molecule has 3 heterocycles. The van der Waals surface area contributed by atoms with E-state index >= 15 is 0 Å². The zero-order chi connectivity index (χ0) is 22.2. The van der Waals surface area contributed by atoms with Crippen LogP contribution in [0.1, 0.15) is 28.9 Å². The molecule has 3 aromatic rings. The molecular weight excluding hydrogens is 409 g/mol. The molecule has 1 aliphatic rings. The summed E-state index contributed by atoms with van der Waals surface area (Å²) in [5.41, 5.74) is 6.82. The number of anilines is 2. The van der Waals surface area contributed by atoms with Crippen LogP contribution in [-0.4, -0.2) is 28.0 Å². The summed E-state index contributed by atoms with van der Waals surface area (Å²) in [5, 5.41) is 6.86. The van der Waals surface area contributed by atoms with Gasteiger partial charge in [-0.3, -0.25) is 4.79 Å². The first-order valence-electron chi connectivity index (χ1n) is 9.73. The lowest BCUT2D eigenvalue weighted by Gasteiger charge is -2.15. The quantitative estimate of drug-likeness (QED) is 0.474. The molecule has 0 atom stereocenters. The van der Waals surface area contributed by atoms with E-state index in [9.17, 15) is 18.0 Å². The predicted octanol–water partition coefficient (Wildman–Crippen LogP) is 3.22. The van der Waals surface area contributed by atoms with Gasteiger partial charge in [-0.2, -0.15) is 13.2 Å². The van der Waals surface area contributed by atoms with Crippen molar-refractivity contribution in [3.05, 3.63) is 63.2 Å². The molecule has 0 spiro atoms. The van der Waals surface area contributed by atoms with Gasteiger partial charge in [0, 0.05) is 24.3 Å². The lowest BCUT2D eigenvalue weighted by Crippen LogP contribution is -2.23. The number of nitrogen functional groups attached to an aromatic ring is 1. The number of rotatable bonds is 4. The standard InChI is InChI=1S/C21H21F3N6O/c1-11-28-18(27-10-12-6-14(21(22,23)24)8-15(25)7-12)17-9-16(13-2-4-26-5-3-13)20(31)30-19(17)29-11/h2,6-9,26H,3-5,10,25H2,1H3,(H2,27,28,29,30,31). The van der Waals surface area contributed by atoms with Gasteiger partial charge in [0.15, 0.2) is 0 Å². The van der Waals surface area contributed by atoms with Crippen molar-refractivity contribution in [2.24, 2.45) is 0 Å². The highest BCUT2D eigenvalue weighted by molar-refractivity contribution is 5.89. The van der Waals surface area contributed by atoms with E-state index in [4.69, 9.17) is 5.73 Å². The summed E-state index contributed by atoms with van der Waals surface area (Å²) in [6.07, 6.45) is -1.81. The van der Waals surface area contributed by atoms with Gasteiger partial charge in [0.25, 0.3) is 5.56 Å². The molecule has 0 amide bonds. The average Bonchev–Trinajstić information content (AvgIpc) is 2.71. The fraction of sp³-hybridized carbons (Fsp3) is 0.286. The minimum Gasteiger partial charge on any atom is -0.399 e. The van der Waals surface area contributed by atoms with Crippen LogP contribution in [-0.2, 0) is 12.7 Å². The topological polar surface area (TPSA) is 109 Å². The number of fused-ring (bicyclic) bond motifs is 1. The number of aryl methyl sites for hydroxylation is 1. The van der Waals surface area contributed by atoms with Crippen molar-refractivity contribution < 1.29 is 13.2 Å². The Kier molecular flexibility index (Phi) is 5.40. The number of aromatic nitrogens is 3. The van der Waals surface area contributed by atoms with E-state index in [1.54, 1.807) is 13.0 Å². The number of alkyl halides is 3. The molecule has 0 aliphatic carbocycles. The van der Waals surface area contributed by atoms with Gasteiger partial charge in [0.05, 0.1) is 10.9 Å². The number of benzene rings is 1. The van der Waals surface area contributed by atoms with Gasteiger partial charge in [-0.25, -0.2) is 9.97 Å². The molecule has 5 N–H and O–H groups in total. The van der Waals surface area contributed by atoms with Crippen LogP contribution in [0.25, 0.3) is 16.6 Å². The SMILES string of the molecule is Cc1nc(NCc2cc(N)cc(C(F)(F)F)c2)c2cc(C3=CCNCC3)c(=O)[nH]c2n1. The van der Waals surface area contributed by atoms with E-state index in [-0.39, 0.29) is 17.8 Å². The third-order valence-electron chi connectivity index (χ3n) is 5.03. The number of nitrogens with two attached hydrogens (primary N) is 1. The molecule has 1 aliphatic heterocycles. The zero-order valence-electron chi connectivity index (χ0n) is 16.7. The summed E-state index contributed by atoms with van der Waals surface area (Å²) in [7, 11) is 0. The first-order valence-corrected chi connectivity index (χ1v) is 9.73. The third-order valence-corrected chi connectivity index (χ3v) is 5.03. The number of H-pyrrole nitrogens is 1. The summed E-state index contributed by atoms with van der Waals surface area (Å²) in [4.78, 5) is 24.1. The van der Waals surface area contributed by atoms with Crippen molar-refractivity contribution >= 4 is 28.1 Å². The zero-order valence-corrected chi connectivity index (χ0v) is 16.7. The van der Waals surface area contributed by atoms with E-state index in [0.29, 0.717) is 46.8 Å². The second kappa shape index (κ2) is 8.03. The number of hydrogen-bond donors (Lipinski definition) is 4. The monoisotopic (exact) mass is 430 g/mol. The molecule has 0 saturated heterocycles. The number of nitrogens with zero attached hydrogens (tertiary/aromatic N) is 2. The van der Waals surface area contributed by atoms with Crippen molar-refractivity contribution in [2.75, 3.05) is 24.1 Å². The first-order chi connectivity index (χ1) is 14.7. The van der Waals surface area contributed by atoms with Crippen LogP contribution in [0.3, 0.4) is 0 Å². The summed E-state index contributed by atoms with van der Waals surface area (Å²) in [5.74, 6) is 0.841. The average molecular weight is 430 g/mol. The van der Waals surface area contributed by atoms with E-state index in [0.717, 1.165) is 24.3 Å². The second-order valence-corrected chi connectivity index (χ2v) is 7.39. The van der Waals surface area contributed by atoms with Gasteiger partial charge < -0.3 is 21.4 Å². The van der Waals surface area contributed by atoms with Crippen molar-refractivity contribution in [3.63, 3.8) is 0 Å². The van der Waals surface area contributed by atoms with Crippen LogP contribution < -0.4 is 21.9 Å². The minimum atomic E-state index is -4.49. The molecule has 4 rings (SSSR count). The number of pyridine rings is 1. The summed E-state index contributed by atoms with van der Waals surface area (Å²) in [6.45, 7) is 3.20. The van der Waals surface area contributed by atoms with Gasteiger partial charge in [0.2, 0.25) is 0 Å². The maximum Gasteiger partial charge on any atom is 0.416 e. The number of nitrogens with one attached hydrogen (secondary N) is 3. The lowest BCUT2D eigenvalue weighted by molar-refractivity contribution is -0.137. The Bertz CT molecular complexity index is 1230. The smallest absolute Gasteiger partial charge is 0.399 e. The Balaban J connectivity index is 1.71. The van der Waals surface area contributed by atoms with Crippen molar-refractivity contribution in [2.45, 2.75) is 26.1 Å². The van der Waals surface area contributed by atoms with Gasteiger partial charge in [-0.05, 0) is 55.3 Å². The van der Waals surface area contributed by atoms with Gasteiger partial charge >= 0.3 is 6.18 Å². The Labute approximate surface area is 175 Å². The molecule has 31 heavy (non-hydrogen) atoms. The Morgan fingerprint density at radius 2 is 2.00 bits per heavy atom. The highest BCUT2D eigenvalue weighted by Crippen LogP contribution is 2.31. The van der Waals surface area contributed by atoms with E-state index < -0.39 is 11.7 Å². The Morgan fingerprint density at radius 3 is 2.71 bits per heavy atom. The highest BCUT2D eigenvalue weighted by Gasteiger charge is 2.31. The fourth-order valence-corrected chi connectivity index (χ4v) is 3.61. The Morgan fingerprint density at radius 1 is 1.19 bits per heavy atom. The third kappa shape index (κ3) is 4.53. The van der Waals surface area contributed by atoms with E-state index in [1.165, 1.54) is 6.07 Å². The van der Waals surface area contributed by atoms with E-state index in [2.05, 4.69) is 25.6 Å². The van der Waals surface area contributed by atoms with Gasteiger partial charge in [0.1, 0.15) is 17.3 Å². The first kappa shape index (κ1) is 20.9. The van der Waals surface area contributed by atoms with Gasteiger partial charge in [-0.15, -0.1) is 0 Å². The maximum atomic E-state index is 13.1. The normalized spacial score (nSPS) is 14.5. The van der Waals surface area contributed by atoms with Crippen LogP contribution in [0.15, 0.2) is 35.1 Å². The molecule has 0 fully saturated rings. The predicted molar refractivity (Wildman–Crippen MR) is 114 cm³/mol. The Hall–Kier alpha value is -3.40. The molecule has 2 aromatic heterocycles. The largest absolute Gasteiger partial charge is 0.416 e. The molecule has 162 valence electrons. The molecule has 10 heteroatoms. The lowest BCUT2D eigenvalue weighted by atomic mass is 10.0. The molecule has 0 saturated carbocycles. The van der Waals surface area contributed by atoms with Crippen molar-refractivity contribution in [1.82, 2.24) is 20.3 Å². The molecule has 0 radical (unpaired) electrons. The number of halogens is 3. The summed E-state index contributed by atoms with van der Waals surface area (Å²) >= 11 is 0. The molecular formula is C21H21F3N6O. The molecule has 0 unspecified atom stereocenters. The summed E-state index contributed by atoms with van der Waals surface area (Å²) < 4.78 is 39.3. The van der Waals surface area contributed by atoms with Crippen LogP contribution >= 0.6 is 0 Å². The molecule has 7 nitrogen and oxygen atoms in total. The van der Waals surface area contributed by atoms with Gasteiger partial charge in [-0.1, -0.05) is 6.08 Å². The molecule has 0 bridgehead atoms. The van der Waals surface area contributed by atoms with Crippen LogP contribution in [0.2, 0.25) is 0 Å². The molecule has 1 aromatic carbocycles. The maximum absolute atomic E-state index is 13.1. The van der Waals surface area contributed by atoms with Crippen LogP contribution in [0.5, 0.6) is 0 Å². The highest BCUT2D eigenvalue weighted by atomic mass is 19.4. The van der Waals surface area contributed by atoms with Crippen LogP contribution in [0.4, 0.5) is 24.7 Å².